The van der Waals surface area contributed by atoms with Gasteiger partial charge in [0.2, 0.25) is 5.91 Å². The van der Waals surface area contributed by atoms with Crippen LogP contribution in [0.15, 0.2) is 0 Å². The predicted octanol–water partition coefficient (Wildman–Crippen LogP) is 0.215. The monoisotopic (exact) mass is 202 g/mol. The first kappa shape index (κ1) is 13.4. The van der Waals surface area contributed by atoms with Crippen LogP contribution in [-0.2, 0) is 4.79 Å². The molecular formula is C10H22N2O2. The Labute approximate surface area is 86.3 Å². The number of carbonyl (C=O) groups is 1. The summed E-state index contributed by atoms with van der Waals surface area (Å²) in [5, 5.41) is 11.5. The molecule has 1 atom stereocenters. The number of rotatable bonds is 7. The van der Waals surface area contributed by atoms with E-state index in [2.05, 4.69) is 5.32 Å². The second kappa shape index (κ2) is 7.76. The molecular weight excluding hydrogens is 180 g/mol. The first-order valence-corrected chi connectivity index (χ1v) is 5.16. The fraction of sp³-hybridized carbons (Fsp3) is 0.900. The molecule has 0 radical (unpaired) electrons. The summed E-state index contributed by atoms with van der Waals surface area (Å²) < 4.78 is 0. The summed E-state index contributed by atoms with van der Waals surface area (Å²) in [6.07, 6.45) is 2.75. The summed E-state index contributed by atoms with van der Waals surface area (Å²) in [7, 11) is 3.59. The molecule has 0 saturated heterocycles. The van der Waals surface area contributed by atoms with Gasteiger partial charge in [0.15, 0.2) is 0 Å². The van der Waals surface area contributed by atoms with Crippen molar-refractivity contribution in [3.05, 3.63) is 0 Å². The molecule has 0 saturated carbocycles. The van der Waals surface area contributed by atoms with E-state index >= 15 is 0 Å². The Morgan fingerprint density at radius 1 is 1.43 bits per heavy atom. The Morgan fingerprint density at radius 3 is 2.57 bits per heavy atom. The minimum atomic E-state index is -0.113. The van der Waals surface area contributed by atoms with Gasteiger partial charge in [0.25, 0.3) is 0 Å². The lowest BCUT2D eigenvalue weighted by Gasteiger charge is -2.20. The molecule has 0 bridgehead atoms. The van der Waals surface area contributed by atoms with Crippen molar-refractivity contribution >= 4 is 5.91 Å². The van der Waals surface area contributed by atoms with Gasteiger partial charge in [-0.25, -0.2) is 0 Å². The molecule has 0 spiro atoms. The number of amides is 1. The van der Waals surface area contributed by atoms with Crippen LogP contribution in [0.4, 0.5) is 0 Å². The van der Waals surface area contributed by atoms with Crippen LogP contribution >= 0.6 is 0 Å². The lowest BCUT2D eigenvalue weighted by molar-refractivity contribution is -0.131. The molecule has 0 aromatic carbocycles. The number of carbonyl (C=O) groups excluding carboxylic acids is 1. The molecule has 0 aliphatic carbocycles. The zero-order valence-corrected chi connectivity index (χ0v) is 9.42. The summed E-state index contributed by atoms with van der Waals surface area (Å²) in [6.45, 7) is 2.86. The molecule has 14 heavy (non-hydrogen) atoms. The number of nitrogens with zero attached hydrogens (tertiary/aromatic N) is 1. The summed E-state index contributed by atoms with van der Waals surface area (Å²) in [5.74, 6) is 0.122. The highest BCUT2D eigenvalue weighted by Crippen LogP contribution is 1.98. The van der Waals surface area contributed by atoms with Crippen LogP contribution in [0.25, 0.3) is 0 Å². The second-order valence-electron chi connectivity index (χ2n) is 3.55. The first-order valence-electron chi connectivity index (χ1n) is 5.16. The lowest BCUT2D eigenvalue weighted by atomic mass is 10.2. The molecule has 0 heterocycles. The van der Waals surface area contributed by atoms with Crippen LogP contribution in [0.3, 0.4) is 0 Å². The fourth-order valence-electron chi connectivity index (χ4n) is 1.20. The highest BCUT2D eigenvalue weighted by molar-refractivity contribution is 5.81. The predicted molar refractivity (Wildman–Crippen MR) is 57.1 cm³/mol. The third kappa shape index (κ3) is 5.19. The van der Waals surface area contributed by atoms with Crippen molar-refractivity contribution in [1.82, 2.24) is 10.2 Å². The highest BCUT2D eigenvalue weighted by Gasteiger charge is 2.14. The van der Waals surface area contributed by atoms with Crippen LogP contribution in [0, 0.1) is 0 Å². The van der Waals surface area contributed by atoms with E-state index in [1.54, 1.807) is 11.9 Å². The Bertz CT molecular complexity index is 162. The summed E-state index contributed by atoms with van der Waals surface area (Å²) in [5.41, 5.74) is 0. The van der Waals surface area contributed by atoms with E-state index in [4.69, 9.17) is 5.11 Å². The Hall–Kier alpha value is -0.610. The molecule has 0 rings (SSSR count). The van der Waals surface area contributed by atoms with Crippen LogP contribution in [0.5, 0.6) is 0 Å². The molecule has 2 N–H and O–H groups in total. The number of hydrogen-bond acceptors (Lipinski definition) is 3. The zero-order valence-electron chi connectivity index (χ0n) is 9.42. The van der Waals surface area contributed by atoms with Crippen molar-refractivity contribution < 1.29 is 9.90 Å². The third-order valence-corrected chi connectivity index (χ3v) is 2.33. The maximum absolute atomic E-state index is 11.6. The molecule has 0 aromatic rings. The average Bonchev–Trinajstić information content (AvgIpc) is 2.21. The number of hydrogen-bond donors (Lipinski definition) is 2. The Morgan fingerprint density at radius 2 is 2.07 bits per heavy atom. The number of unbranched alkanes of at least 4 members (excludes halogenated alkanes) is 2. The molecule has 84 valence electrons. The Balaban J connectivity index is 3.62. The molecule has 1 unspecified atom stereocenters. The molecule has 0 fully saturated rings. The number of nitrogens with one attached hydrogen (secondary N) is 1. The van der Waals surface area contributed by atoms with Gasteiger partial charge in [0.05, 0.1) is 6.04 Å². The van der Waals surface area contributed by atoms with Crippen molar-refractivity contribution in [1.29, 1.82) is 0 Å². The molecule has 4 nitrogen and oxygen atoms in total. The maximum atomic E-state index is 11.6. The number of aliphatic hydroxyl groups excluding tert-OH is 1. The minimum Gasteiger partial charge on any atom is -0.396 e. The number of aliphatic hydroxyl groups is 1. The summed E-state index contributed by atoms with van der Waals surface area (Å²) in [6, 6.07) is -0.113. The van der Waals surface area contributed by atoms with Crippen molar-refractivity contribution in [3.8, 4) is 0 Å². The number of likely N-dealkylation sites (N-methyl/N-ethyl adjacent to an activating group) is 2. The van der Waals surface area contributed by atoms with Crippen LogP contribution in [-0.4, -0.2) is 49.2 Å². The van der Waals surface area contributed by atoms with Gasteiger partial charge in [-0.15, -0.1) is 0 Å². The Kier molecular flexibility index (Phi) is 7.42. The van der Waals surface area contributed by atoms with E-state index in [9.17, 15) is 4.79 Å². The third-order valence-electron chi connectivity index (χ3n) is 2.33. The summed E-state index contributed by atoms with van der Waals surface area (Å²) in [4.78, 5) is 13.3. The van der Waals surface area contributed by atoms with E-state index < -0.39 is 0 Å². The fourth-order valence-corrected chi connectivity index (χ4v) is 1.20. The molecule has 0 aliphatic rings. The van der Waals surface area contributed by atoms with Gasteiger partial charge in [-0.05, 0) is 33.2 Å². The largest absolute Gasteiger partial charge is 0.396 e. The van der Waals surface area contributed by atoms with Crippen molar-refractivity contribution in [3.63, 3.8) is 0 Å². The minimum absolute atomic E-state index is 0.113. The van der Waals surface area contributed by atoms with E-state index in [1.165, 1.54) is 0 Å². The maximum Gasteiger partial charge on any atom is 0.239 e. The van der Waals surface area contributed by atoms with Gasteiger partial charge >= 0.3 is 0 Å². The van der Waals surface area contributed by atoms with Crippen molar-refractivity contribution in [2.45, 2.75) is 32.2 Å². The first-order chi connectivity index (χ1) is 6.63. The van der Waals surface area contributed by atoms with E-state index in [-0.39, 0.29) is 18.6 Å². The van der Waals surface area contributed by atoms with Gasteiger partial charge in [-0.2, -0.15) is 0 Å². The molecule has 0 aromatic heterocycles. The SMILES string of the molecule is CNC(C)C(=O)N(C)CCCCCO. The molecule has 1 amide bonds. The highest BCUT2D eigenvalue weighted by atomic mass is 16.2. The van der Waals surface area contributed by atoms with Crippen LogP contribution in [0.2, 0.25) is 0 Å². The topological polar surface area (TPSA) is 52.6 Å². The van der Waals surface area contributed by atoms with E-state index in [1.807, 2.05) is 14.0 Å². The van der Waals surface area contributed by atoms with Gasteiger partial charge < -0.3 is 15.3 Å². The smallest absolute Gasteiger partial charge is 0.239 e. The summed E-state index contributed by atoms with van der Waals surface area (Å²) >= 11 is 0. The molecule has 0 aliphatic heterocycles. The van der Waals surface area contributed by atoms with E-state index in [0.29, 0.717) is 0 Å². The van der Waals surface area contributed by atoms with Crippen molar-refractivity contribution in [2.75, 3.05) is 27.2 Å². The quantitative estimate of drug-likeness (QED) is 0.580. The van der Waals surface area contributed by atoms with Gasteiger partial charge in [-0.3, -0.25) is 4.79 Å². The lowest BCUT2D eigenvalue weighted by Crippen LogP contribution is -2.41. The standard InChI is InChI=1S/C10H22N2O2/c1-9(11-2)10(14)12(3)7-5-4-6-8-13/h9,11,13H,4-8H2,1-3H3. The second-order valence-corrected chi connectivity index (χ2v) is 3.55. The van der Waals surface area contributed by atoms with E-state index in [0.717, 1.165) is 25.8 Å². The average molecular weight is 202 g/mol. The van der Waals surface area contributed by atoms with Gasteiger partial charge in [0, 0.05) is 20.2 Å². The van der Waals surface area contributed by atoms with Gasteiger partial charge in [-0.1, -0.05) is 0 Å². The van der Waals surface area contributed by atoms with Gasteiger partial charge in [0.1, 0.15) is 0 Å². The van der Waals surface area contributed by atoms with Crippen molar-refractivity contribution in [2.24, 2.45) is 0 Å². The van der Waals surface area contributed by atoms with Crippen LogP contribution < -0.4 is 5.32 Å². The molecule has 4 heteroatoms. The zero-order chi connectivity index (χ0) is 11.0. The normalized spacial score (nSPS) is 12.6. The van der Waals surface area contributed by atoms with Crippen LogP contribution in [0.1, 0.15) is 26.2 Å².